The number of carboxylic acid groups (broad SMARTS) is 1. The van der Waals surface area contributed by atoms with Crippen molar-refractivity contribution in [1.29, 1.82) is 0 Å². The summed E-state index contributed by atoms with van der Waals surface area (Å²) in [5.41, 5.74) is 0.529. The Bertz CT molecular complexity index is 434. The summed E-state index contributed by atoms with van der Waals surface area (Å²) in [4.78, 5) is 10.6. The normalized spacial score (nSPS) is 23.9. The van der Waals surface area contributed by atoms with Gasteiger partial charge in [-0.25, -0.2) is 8.78 Å². The molecule has 0 spiro atoms. The molecule has 80 valence electrons. The molecule has 0 radical (unpaired) electrons. The molecule has 1 fully saturated rings. The van der Waals surface area contributed by atoms with Crippen molar-refractivity contribution in [2.75, 3.05) is 0 Å². The van der Waals surface area contributed by atoms with Crippen molar-refractivity contribution in [3.63, 3.8) is 0 Å². The number of hydrogen-bond acceptors (Lipinski definition) is 1. The van der Waals surface area contributed by atoms with E-state index >= 15 is 0 Å². The topological polar surface area (TPSA) is 37.3 Å². The van der Waals surface area contributed by atoms with Crippen molar-refractivity contribution in [3.05, 3.63) is 33.8 Å². The van der Waals surface area contributed by atoms with E-state index in [9.17, 15) is 13.6 Å². The lowest BCUT2D eigenvalue weighted by atomic mass is 10.1. The number of hydrogen-bond donors (Lipinski definition) is 1. The highest BCUT2D eigenvalue weighted by Gasteiger charge is 2.45. The van der Waals surface area contributed by atoms with E-state index in [1.54, 1.807) is 0 Å². The van der Waals surface area contributed by atoms with Crippen molar-refractivity contribution in [2.24, 2.45) is 5.92 Å². The molecule has 15 heavy (non-hydrogen) atoms. The van der Waals surface area contributed by atoms with Crippen LogP contribution in [0.3, 0.4) is 0 Å². The van der Waals surface area contributed by atoms with Crippen molar-refractivity contribution in [1.82, 2.24) is 0 Å². The lowest BCUT2D eigenvalue weighted by Crippen LogP contribution is -2.00. The number of carbonyl (C=O) groups is 1. The summed E-state index contributed by atoms with van der Waals surface area (Å²) in [5.74, 6) is -3.43. The Balaban J connectivity index is 2.31. The first-order valence-electron chi connectivity index (χ1n) is 4.38. The first-order valence-corrected chi connectivity index (χ1v) is 5.17. The summed E-state index contributed by atoms with van der Waals surface area (Å²) in [7, 11) is 0. The number of rotatable bonds is 2. The SMILES string of the molecule is O=C(O)C1CC1c1cc(F)c(F)cc1Br. The van der Waals surface area contributed by atoms with Crippen LogP contribution in [0.15, 0.2) is 16.6 Å². The van der Waals surface area contributed by atoms with E-state index in [-0.39, 0.29) is 5.92 Å². The second-order valence-electron chi connectivity index (χ2n) is 3.57. The van der Waals surface area contributed by atoms with Crippen molar-refractivity contribution in [2.45, 2.75) is 12.3 Å². The van der Waals surface area contributed by atoms with Gasteiger partial charge < -0.3 is 5.11 Å². The van der Waals surface area contributed by atoms with Gasteiger partial charge in [0.1, 0.15) is 0 Å². The van der Waals surface area contributed by atoms with Gasteiger partial charge in [0, 0.05) is 4.47 Å². The van der Waals surface area contributed by atoms with Gasteiger partial charge >= 0.3 is 5.97 Å². The summed E-state index contributed by atoms with van der Waals surface area (Å²) in [5, 5.41) is 8.72. The van der Waals surface area contributed by atoms with Crippen molar-refractivity contribution in [3.8, 4) is 0 Å². The monoisotopic (exact) mass is 276 g/mol. The van der Waals surface area contributed by atoms with E-state index < -0.39 is 23.5 Å². The van der Waals surface area contributed by atoms with Gasteiger partial charge in [0.25, 0.3) is 0 Å². The van der Waals surface area contributed by atoms with E-state index in [4.69, 9.17) is 5.11 Å². The van der Waals surface area contributed by atoms with E-state index in [1.165, 1.54) is 0 Å². The molecule has 0 aromatic heterocycles. The molecule has 2 unspecified atom stereocenters. The van der Waals surface area contributed by atoms with Gasteiger partial charge in [-0.15, -0.1) is 0 Å². The molecular weight excluding hydrogens is 270 g/mol. The summed E-state index contributed by atoms with van der Waals surface area (Å²) >= 11 is 3.10. The zero-order valence-corrected chi connectivity index (χ0v) is 9.09. The Morgan fingerprint density at radius 3 is 2.53 bits per heavy atom. The van der Waals surface area contributed by atoms with Crippen LogP contribution in [-0.2, 0) is 4.79 Å². The van der Waals surface area contributed by atoms with Crippen LogP contribution in [0, 0.1) is 17.6 Å². The maximum atomic E-state index is 12.9. The third-order valence-corrected chi connectivity index (χ3v) is 3.23. The molecule has 0 heterocycles. The van der Waals surface area contributed by atoms with Gasteiger partial charge in [0.05, 0.1) is 5.92 Å². The van der Waals surface area contributed by atoms with Crippen LogP contribution < -0.4 is 0 Å². The van der Waals surface area contributed by atoms with Crippen LogP contribution in [0.5, 0.6) is 0 Å². The molecule has 2 nitrogen and oxygen atoms in total. The van der Waals surface area contributed by atoms with E-state index in [0.29, 0.717) is 16.5 Å². The minimum Gasteiger partial charge on any atom is -0.481 e. The fourth-order valence-corrected chi connectivity index (χ4v) is 2.24. The van der Waals surface area contributed by atoms with Gasteiger partial charge in [-0.05, 0) is 30.0 Å². The number of benzene rings is 1. The smallest absolute Gasteiger partial charge is 0.307 e. The molecular formula is C10H7BrF2O2. The fourth-order valence-electron chi connectivity index (χ4n) is 1.63. The summed E-state index contributed by atoms with van der Waals surface area (Å²) in [6.45, 7) is 0. The Morgan fingerprint density at radius 1 is 1.40 bits per heavy atom. The van der Waals surface area contributed by atoms with Crippen LogP contribution in [0.4, 0.5) is 8.78 Å². The predicted molar refractivity (Wildman–Crippen MR) is 52.5 cm³/mol. The molecule has 0 aliphatic heterocycles. The Labute approximate surface area is 93.0 Å². The minimum atomic E-state index is -0.941. The molecule has 0 bridgehead atoms. The molecule has 1 N–H and O–H groups in total. The van der Waals surface area contributed by atoms with Crippen LogP contribution >= 0.6 is 15.9 Å². The third-order valence-electron chi connectivity index (χ3n) is 2.55. The Hall–Kier alpha value is -0.970. The molecule has 0 saturated heterocycles. The van der Waals surface area contributed by atoms with Gasteiger partial charge in [0.15, 0.2) is 11.6 Å². The highest BCUT2D eigenvalue weighted by atomic mass is 79.9. The van der Waals surface area contributed by atoms with Crippen molar-refractivity contribution < 1.29 is 18.7 Å². The zero-order chi connectivity index (χ0) is 11.2. The van der Waals surface area contributed by atoms with Gasteiger partial charge in [-0.1, -0.05) is 15.9 Å². The average Bonchev–Trinajstić information content (AvgIpc) is 2.90. The molecule has 1 aliphatic rings. The van der Waals surface area contributed by atoms with Crippen molar-refractivity contribution >= 4 is 21.9 Å². The molecule has 1 aliphatic carbocycles. The minimum absolute atomic E-state index is 0.202. The summed E-state index contributed by atoms with van der Waals surface area (Å²) in [6.07, 6.45) is 0.485. The van der Waals surface area contributed by atoms with Gasteiger partial charge in [-0.3, -0.25) is 4.79 Å². The quantitative estimate of drug-likeness (QED) is 0.844. The lowest BCUT2D eigenvalue weighted by molar-refractivity contribution is -0.138. The van der Waals surface area contributed by atoms with E-state index in [0.717, 1.165) is 12.1 Å². The average molecular weight is 277 g/mol. The number of aliphatic carboxylic acids is 1. The molecule has 0 amide bonds. The van der Waals surface area contributed by atoms with E-state index in [2.05, 4.69) is 15.9 Å². The molecule has 2 rings (SSSR count). The maximum Gasteiger partial charge on any atom is 0.307 e. The van der Waals surface area contributed by atoms with Gasteiger partial charge in [0.2, 0.25) is 0 Å². The molecule has 5 heteroatoms. The fraction of sp³-hybridized carbons (Fsp3) is 0.300. The third kappa shape index (κ3) is 1.88. The predicted octanol–water partition coefficient (Wildman–Crippen LogP) is 2.92. The first-order chi connectivity index (χ1) is 7.00. The Kier molecular flexibility index (Phi) is 2.50. The standard InChI is InChI=1S/C10H7BrF2O2/c11-7-3-9(13)8(12)2-5(7)4-1-6(4)10(14)15/h2-4,6H,1H2,(H,14,15). The van der Waals surface area contributed by atoms with Crippen LogP contribution in [0.1, 0.15) is 17.9 Å². The maximum absolute atomic E-state index is 12.9. The van der Waals surface area contributed by atoms with Crippen LogP contribution in [-0.4, -0.2) is 11.1 Å². The number of carboxylic acids is 1. The highest BCUT2D eigenvalue weighted by molar-refractivity contribution is 9.10. The largest absolute Gasteiger partial charge is 0.481 e. The first kappa shape index (κ1) is 10.5. The molecule has 1 saturated carbocycles. The summed E-state index contributed by atoms with van der Waals surface area (Å²) < 4.78 is 26.1. The second kappa shape index (κ2) is 3.56. The summed E-state index contributed by atoms with van der Waals surface area (Å²) in [6, 6.07) is 2.09. The van der Waals surface area contributed by atoms with Gasteiger partial charge in [-0.2, -0.15) is 0 Å². The molecule has 2 atom stereocenters. The highest BCUT2D eigenvalue weighted by Crippen LogP contribution is 2.49. The number of halogens is 3. The Morgan fingerprint density at radius 2 is 2.00 bits per heavy atom. The molecule has 1 aromatic carbocycles. The lowest BCUT2D eigenvalue weighted by Gasteiger charge is -2.03. The van der Waals surface area contributed by atoms with Crippen LogP contribution in [0.25, 0.3) is 0 Å². The molecule has 1 aromatic rings. The van der Waals surface area contributed by atoms with E-state index in [1.807, 2.05) is 0 Å². The van der Waals surface area contributed by atoms with Crippen LogP contribution in [0.2, 0.25) is 0 Å². The zero-order valence-electron chi connectivity index (χ0n) is 7.51. The second-order valence-corrected chi connectivity index (χ2v) is 4.43.